The van der Waals surface area contributed by atoms with Gasteiger partial charge in [-0.2, -0.15) is 0 Å². The van der Waals surface area contributed by atoms with Gasteiger partial charge in [-0.3, -0.25) is 0 Å². The van der Waals surface area contributed by atoms with Gasteiger partial charge in [0.1, 0.15) is 25.2 Å². The van der Waals surface area contributed by atoms with E-state index >= 15 is 0 Å². The van der Waals surface area contributed by atoms with E-state index in [-0.39, 0.29) is 0 Å². The summed E-state index contributed by atoms with van der Waals surface area (Å²) in [5.74, 6) is 3.16. The molecule has 0 N–H and O–H groups in total. The maximum absolute atomic E-state index is 6.22. The Hall–Kier alpha value is -2.01. The van der Waals surface area contributed by atoms with Gasteiger partial charge in [0.2, 0.25) is 0 Å². The second-order valence-electron chi connectivity index (χ2n) is 7.47. The predicted octanol–water partition coefficient (Wildman–Crippen LogP) is 5.09. The molecular weight excluding hydrogens is 354 g/mol. The van der Waals surface area contributed by atoms with Gasteiger partial charge in [-0.05, 0) is 81.5 Å². The van der Waals surface area contributed by atoms with Crippen LogP contribution in [0.5, 0.6) is 11.5 Å². The highest BCUT2D eigenvalue weighted by Gasteiger charge is 2.22. The number of aryl methyl sites for hydroxylation is 2. The average Bonchev–Trinajstić information content (AvgIpc) is 2.68. The lowest BCUT2D eigenvalue weighted by molar-refractivity contribution is 0.0922. The zero-order chi connectivity index (χ0) is 20.2. The lowest BCUT2D eigenvalue weighted by Crippen LogP contribution is -2.23. The largest absolute Gasteiger partial charge is 0.493 e. The van der Waals surface area contributed by atoms with Crippen molar-refractivity contribution in [3.63, 3.8) is 0 Å². The van der Waals surface area contributed by atoms with Crippen molar-refractivity contribution in [3.05, 3.63) is 35.4 Å². The Balaban J connectivity index is 1.73. The Bertz CT molecular complexity index is 610. The van der Waals surface area contributed by atoms with E-state index in [2.05, 4.69) is 36.0 Å². The van der Waals surface area contributed by atoms with Crippen LogP contribution in [0.4, 0.5) is 0 Å². The molecule has 0 aliphatic heterocycles. The number of oxime groups is 1. The molecule has 1 aromatic rings. The summed E-state index contributed by atoms with van der Waals surface area (Å²) in [6.07, 6.45) is 10.4. The van der Waals surface area contributed by atoms with Crippen LogP contribution >= 0.6 is 0 Å². The lowest BCUT2D eigenvalue weighted by Gasteiger charge is -2.28. The summed E-state index contributed by atoms with van der Waals surface area (Å²) >= 11 is 0. The Kier molecular flexibility index (Phi) is 9.91. The minimum Gasteiger partial charge on any atom is -0.493 e. The highest BCUT2D eigenvalue weighted by molar-refractivity contribution is 5.57. The number of rotatable bonds is 11. The number of nitrogens with zero attached hydrogens (tertiary/aromatic N) is 1. The van der Waals surface area contributed by atoms with Crippen molar-refractivity contribution in [2.75, 3.05) is 33.5 Å². The number of ether oxygens (including phenoxy) is 3. The SMILES string of the molecule is C/C=C/COc1cc(C)c(OCC2CCC(COC/C=N/OC)CC2)c(C)c1. The molecule has 0 amide bonds. The fraction of sp³-hybridized carbons (Fsp3) is 0.609. The third kappa shape index (κ3) is 7.55. The second-order valence-corrected chi connectivity index (χ2v) is 7.47. The standard InChI is InChI=1S/C23H35NO4/c1-5-6-12-27-22-14-18(2)23(19(3)15-22)28-17-21-9-7-20(8-10-21)16-26-13-11-24-25-4/h5-6,11,14-15,20-21H,7-10,12-13,16-17H2,1-4H3/b6-5+,24-11+. The van der Waals surface area contributed by atoms with Crippen LogP contribution < -0.4 is 9.47 Å². The van der Waals surface area contributed by atoms with Crippen molar-refractivity contribution in [3.8, 4) is 11.5 Å². The van der Waals surface area contributed by atoms with Gasteiger partial charge < -0.3 is 19.0 Å². The Morgan fingerprint density at radius 3 is 2.21 bits per heavy atom. The van der Waals surface area contributed by atoms with Gasteiger partial charge in [0, 0.05) is 6.61 Å². The monoisotopic (exact) mass is 389 g/mol. The molecule has 1 saturated carbocycles. The van der Waals surface area contributed by atoms with Gasteiger partial charge >= 0.3 is 0 Å². The normalized spacial score (nSPS) is 20.0. The van der Waals surface area contributed by atoms with E-state index in [1.807, 2.05) is 19.1 Å². The molecule has 0 atom stereocenters. The Morgan fingerprint density at radius 2 is 1.61 bits per heavy atom. The summed E-state index contributed by atoms with van der Waals surface area (Å²) < 4.78 is 17.6. The third-order valence-electron chi connectivity index (χ3n) is 5.17. The topological polar surface area (TPSA) is 49.3 Å². The molecule has 1 aliphatic rings. The van der Waals surface area contributed by atoms with Crippen molar-refractivity contribution in [1.82, 2.24) is 0 Å². The van der Waals surface area contributed by atoms with Crippen LogP contribution in [0.3, 0.4) is 0 Å². The van der Waals surface area contributed by atoms with Gasteiger partial charge in [-0.15, -0.1) is 0 Å². The van der Waals surface area contributed by atoms with E-state index < -0.39 is 0 Å². The van der Waals surface area contributed by atoms with Crippen LogP contribution in [0.25, 0.3) is 0 Å². The Morgan fingerprint density at radius 1 is 0.964 bits per heavy atom. The predicted molar refractivity (Wildman–Crippen MR) is 113 cm³/mol. The molecule has 1 fully saturated rings. The van der Waals surface area contributed by atoms with Crippen LogP contribution in [-0.4, -0.2) is 39.8 Å². The van der Waals surface area contributed by atoms with Gasteiger partial charge in [-0.1, -0.05) is 17.3 Å². The van der Waals surface area contributed by atoms with Crippen molar-refractivity contribution in [1.29, 1.82) is 0 Å². The van der Waals surface area contributed by atoms with E-state index in [9.17, 15) is 0 Å². The summed E-state index contributed by atoms with van der Waals surface area (Å²) in [7, 11) is 1.54. The molecule has 0 heterocycles. The summed E-state index contributed by atoms with van der Waals surface area (Å²) in [6, 6.07) is 4.12. The number of allylic oxidation sites excluding steroid dienone is 1. The molecule has 0 bridgehead atoms. The van der Waals surface area contributed by atoms with Gasteiger partial charge in [0.15, 0.2) is 0 Å². The lowest BCUT2D eigenvalue weighted by atomic mass is 9.83. The van der Waals surface area contributed by atoms with E-state index in [0.717, 1.165) is 35.8 Å². The van der Waals surface area contributed by atoms with E-state index in [1.165, 1.54) is 32.8 Å². The zero-order valence-corrected chi connectivity index (χ0v) is 17.8. The summed E-state index contributed by atoms with van der Waals surface area (Å²) in [6.45, 7) is 8.88. The molecule has 2 rings (SSSR count). The minimum atomic E-state index is 0.518. The molecular formula is C23H35NO4. The quantitative estimate of drug-likeness (QED) is 0.229. The molecule has 5 nitrogen and oxygen atoms in total. The van der Waals surface area contributed by atoms with Gasteiger partial charge in [0.25, 0.3) is 0 Å². The zero-order valence-electron chi connectivity index (χ0n) is 17.8. The van der Waals surface area contributed by atoms with E-state index in [1.54, 1.807) is 6.21 Å². The molecule has 1 aromatic carbocycles. The van der Waals surface area contributed by atoms with Gasteiger partial charge in [-0.25, -0.2) is 0 Å². The fourth-order valence-corrected chi connectivity index (χ4v) is 3.62. The van der Waals surface area contributed by atoms with Crippen LogP contribution in [0.2, 0.25) is 0 Å². The molecule has 0 spiro atoms. The molecule has 0 saturated heterocycles. The summed E-state index contributed by atoms with van der Waals surface area (Å²) in [4.78, 5) is 4.62. The van der Waals surface area contributed by atoms with Crippen LogP contribution in [0, 0.1) is 25.7 Å². The molecule has 1 aliphatic carbocycles. The maximum atomic E-state index is 6.22. The first kappa shape index (κ1) is 22.3. The molecule has 5 heteroatoms. The average molecular weight is 390 g/mol. The first-order chi connectivity index (χ1) is 13.6. The number of hydrogen-bond donors (Lipinski definition) is 0. The summed E-state index contributed by atoms with van der Waals surface area (Å²) in [5.41, 5.74) is 2.27. The second kappa shape index (κ2) is 12.4. The van der Waals surface area contributed by atoms with Crippen LogP contribution in [0.15, 0.2) is 29.4 Å². The number of benzene rings is 1. The molecule has 0 radical (unpaired) electrons. The molecule has 156 valence electrons. The molecule has 0 unspecified atom stereocenters. The van der Waals surface area contributed by atoms with E-state index in [4.69, 9.17) is 14.2 Å². The smallest absolute Gasteiger partial charge is 0.125 e. The van der Waals surface area contributed by atoms with Gasteiger partial charge in [0.05, 0.1) is 19.4 Å². The van der Waals surface area contributed by atoms with Crippen molar-refractivity contribution in [2.45, 2.75) is 46.5 Å². The van der Waals surface area contributed by atoms with Crippen LogP contribution in [0.1, 0.15) is 43.7 Å². The maximum Gasteiger partial charge on any atom is 0.125 e. The van der Waals surface area contributed by atoms with E-state index in [0.29, 0.717) is 25.0 Å². The first-order valence-electron chi connectivity index (χ1n) is 10.2. The number of hydrogen-bond acceptors (Lipinski definition) is 5. The van der Waals surface area contributed by atoms with Crippen molar-refractivity contribution >= 4 is 6.21 Å². The molecule has 28 heavy (non-hydrogen) atoms. The third-order valence-corrected chi connectivity index (χ3v) is 5.17. The van der Waals surface area contributed by atoms with Crippen molar-refractivity contribution in [2.24, 2.45) is 17.0 Å². The fourth-order valence-electron chi connectivity index (χ4n) is 3.62. The minimum absolute atomic E-state index is 0.518. The highest BCUT2D eigenvalue weighted by Crippen LogP contribution is 2.32. The van der Waals surface area contributed by atoms with Crippen LogP contribution in [-0.2, 0) is 9.57 Å². The summed E-state index contributed by atoms with van der Waals surface area (Å²) in [5, 5.41) is 3.68. The van der Waals surface area contributed by atoms with Crippen molar-refractivity contribution < 1.29 is 19.0 Å². The molecule has 0 aromatic heterocycles. The first-order valence-corrected chi connectivity index (χ1v) is 10.2. The highest BCUT2D eigenvalue weighted by atomic mass is 16.6. The Labute approximate surface area is 169 Å².